The molecule has 0 rings (SSSR count). The van der Waals surface area contributed by atoms with Crippen LogP contribution in [0.4, 0.5) is 0 Å². The highest BCUT2D eigenvalue weighted by Crippen LogP contribution is 2.07. The van der Waals surface area contributed by atoms with Crippen molar-refractivity contribution < 1.29 is 4.74 Å². The summed E-state index contributed by atoms with van der Waals surface area (Å²) < 4.78 is 5.93. The van der Waals surface area contributed by atoms with Crippen molar-refractivity contribution >= 4 is 28.8 Å². The van der Waals surface area contributed by atoms with E-state index < -0.39 is 0 Å². The molecule has 0 aromatic rings. The molecule has 3 nitrogen and oxygen atoms in total. The lowest BCUT2D eigenvalue weighted by molar-refractivity contribution is 0.211. The minimum absolute atomic E-state index is 0.622. The molecule has 0 heterocycles. The van der Waals surface area contributed by atoms with Gasteiger partial charge in [0.05, 0.1) is 10.2 Å². The maximum atomic E-state index is 6.91. The Morgan fingerprint density at radius 2 is 2.40 bits per heavy atom. The number of hydrogen-bond donors (Lipinski definition) is 2. The van der Waals surface area contributed by atoms with Crippen molar-refractivity contribution in [2.75, 3.05) is 13.7 Å². The molecule has 0 aromatic carbocycles. The third-order valence-electron chi connectivity index (χ3n) is 0.859. The Hall–Kier alpha value is -0.260. The van der Waals surface area contributed by atoms with Crippen molar-refractivity contribution in [1.29, 1.82) is 5.41 Å². The van der Waals surface area contributed by atoms with Gasteiger partial charge in [0.1, 0.15) is 0 Å². The molecule has 0 aromatic heterocycles. The van der Waals surface area contributed by atoms with Crippen LogP contribution in [0.15, 0.2) is 9.46 Å². The summed E-state index contributed by atoms with van der Waals surface area (Å²) >= 11 is 2.04. The van der Waals surface area contributed by atoms with Gasteiger partial charge in [-0.3, -0.25) is 0 Å². The van der Waals surface area contributed by atoms with Gasteiger partial charge in [-0.15, -0.1) is 0 Å². The lowest BCUT2D eigenvalue weighted by atomic mass is 10.6. The van der Waals surface area contributed by atoms with Crippen LogP contribution in [-0.2, 0) is 4.74 Å². The molecule has 0 aliphatic rings. The molecule has 0 fully saturated rings. The van der Waals surface area contributed by atoms with Crippen molar-refractivity contribution in [3.05, 3.63) is 9.46 Å². The molecule has 0 atom stereocenters. The maximum Gasteiger partial charge on any atom is 0.201 e. The van der Waals surface area contributed by atoms with Gasteiger partial charge in [-0.05, 0) is 29.5 Å². The lowest BCUT2D eigenvalue weighted by Crippen LogP contribution is -2.11. The Morgan fingerprint density at radius 3 is 2.70 bits per heavy atom. The average molecular weight is 254 g/mol. The molecule has 10 heavy (non-hydrogen) atoms. The zero-order chi connectivity index (χ0) is 7.98. The van der Waals surface area contributed by atoms with E-state index >= 15 is 0 Å². The molecular formula is C6H11IN2O. The summed E-state index contributed by atoms with van der Waals surface area (Å²) in [4.78, 5) is 0. The standard InChI is InChI=1S/C6H11IN2O/c1-3-10-6(9-2)5(7)4-8/h4,8-9H,3H2,1-2H3/b6-5-,8-4?. The summed E-state index contributed by atoms with van der Waals surface area (Å²) in [6.07, 6.45) is 1.25. The molecule has 0 radical (unpaired) electrons. The molecule has 0 unspecified atom stereocenters. The first-order chi connectivity index (χ1) is 4.76. The Bertz CT molecular complexity index is 145. The van der Waals surface area contributed by atoms with Crippen LogP contribution in [0.3, 0.4) is 0 Å². The van der Waals surface area contributed by atoms with Gasteiger partial charge in [-0.1, -0.05) is 0 Å². The van der Waals surface area contributed by atoms with Gasteiger partial charge in [0.2, 0.25) is 5.88 Å². The first kappa shape index (κ1) is 9.74. The van der Waals surface area contributed by atoms with E-state index in [1.54, 1.807) is 7.05 Å². The summed E-state index contributed by atoms with van der Waals surface area (Å²) in [5, 5.41) is 9.76. The van der Waals surface area contributed by atoms with Crippen LogP contribution in [0, 0.1) is 5.41 Å². The predicted molar refractivity (Wildman–Crippen MR) is 50.5 cm³/mol. The van der Waals surface area contributed by atoms with Crippen molar-refractivity contribution in [3.8, 4) is 0 Å². The van der Waals surface area contributed by atoms with E-state index in [1.165, 1.54) is 6.21 Å². The molecule has 0 bridgehead atoms. The topological polar surface area (TPSA) is 45.1 Å². The second-order valence-electron chi connectivity index (χ2n) is 1.50. The van der Waals surface area contributed by atoms with E-state index in [9.17, 15) is 0 Å². The molecule has 4 heteroatoms. The van der Waals surface area contributed by atoms with E-state index in [2.05, 4.69) is 5.32 Å². The van der Waals surface area contributed by atoms with Crippen LogP contribution >= 0.6 is 22.6 Å². The Morgan fingerprint density at radius 1 is 1.80 bits per heavy atom. The molecule has 0 aliphatic heterocycles. The molecule has 2 N–H and O–H groups in total. The Balaban J connectivity index is 4.13. The number of halogens is 1. The number of hydrogen-bond acceptors (Lipinski definition) is 3. The van der Waals surface area contributed by atoms with Gasteiger partial charge in [0, 0.05) is 13.3 Å². The summed E-state index contributed by atoms with van der Waals surface area (Å²) in [6.45, 7) is 2.53. The van der Waals surface area contributed by atoms with E-state index in [1.807, 2.05) is 29.5 Å². The van der Waals surface area contributed by atoms with Crippen molar-refractivity contribution in [3.63, 3.8) is 0 Å². The van der Waals surface area contributed by atoms with E-state index in [0.29, 0.717) is 12.5 Å². The minimum atomic E-state index is 0.622. The quantitative estimate of drug-likeness (QED) is 0.453. The lowest BCUT2D eigenvalue weighted by Gasteiger charge is -2.07. The summed E-state index contributed by atoms with van der Waals surface area (Å²) in [5.74, 6) is 0.665. The van der Waals surface area contributed by atoms with Crippen LogP contribution in [0.1, 0.15) is 6.92 Å². The molecule has 0 saturated heterocycles. The molecule has 0 spiro atoms. The number of allylic oxidation sites excluding steroid dienone is 1. The summed E-state index contributed by atoms with van der Waals surface area (Å²) in [6, 6.07) is 0. The van der Waals surface area contributed by atoms with Gasteiger partial charge in [-0.25, -0.2) is 0 Å². The first-order valence-corrected chi connectivity index (χ1v) is 4.04. The molecular weight excluding hydrogens is 243 g/mol. The fourth-order valence-corrected chi connectivity index (χ4v) is 0.896. The van der Waals surface area contributed by atoms with Crippen LogP contribution in [0.2, 0.25) is 0 Å². The number of ether oxygens (including phenoxy) is 1. The smallest absolute Gasteiger partial charge is 0.201 e. The number of nitrogens with one attached hydrogen (secondary N) is 2. The highest BCUT2D eigenvalue weighted by molar-refractivity contribution is 14.1. The zero-order valence-electron chi connectivity index (χ0n) is 6.07. The average Bonchev–Trinajstić information content (AvgIpc) is 1.99. The van der Waals surface area contributed by atoms with Crippen LogP contribution in [0.25, 0.3) is 0 Å². The second-order valence-corrected chi connectivity index (χ2v) is 2.67. The van der Waals surface area contributed by atoms with Crippen molar-refractivity contribution in [1.82, 2.24) is 5.32 Å². The fraction of sp³-hybridized carbons (Fsp3) is 0.500. The van der Waals surface area contributed by atoms with E-state index in [-0.39, 0.29) is 0 Å². The van der Waals surface area contributed by atoms with E-state index in [0.717, 1.165) is 3.58 Å². The minimum Gasteiger partial charge on any atom is -0.479 e. The fourth-order valence-electron chi connectivity index (χ4n) is 0.470. The highest BCUT2D eigenvalue weighted by Gasteiger charge is 1.97. The highest BCUT2D eigenvalue weighted by atomic mass is 127. The molecule has 58 valence electrons. The normalized spacial score (nSPS) is 11.9. The molecule has 0 aliphatic carbocycles. The predicted octanol–water partition coefficient (Wildman–Crippen LogP) is 1.50. The van der Waals surface area contributed by atoms with E-state index in [4.69, 9.17) is 10.1 Å². The Labute approximate surface area is 74.5 Å². The van der Waals surface area contributed by atoms with Crippen molar-refractivity contribution in [2.24, 2.45) is 0 Å². The molecule has 0 saturated carbocycles. The zero-order valence-corrected chi connectivity index (χ0v) is 8.23. The van der Waals surface area contributed by atoms with Crippen LogP contribution in [0.5, 0.6) is 0 Å². The second kappa shape index (κ2) is 5.52. The monoisotopic (exact) mass is 254 g/mol. The van der Waals surface area contributed by atoms with Crippen molar-refractivity contribution in [2.45, 2.75) is 6.92 Å². The third-order valence-corrected chi connectivity index (χ3v) is 1.66. The third kappa shape index (κ3) is 3.05. The molecule has 0 amide bonds. The van der Waals surface area contributed by atoms with Crippen LogP contribution in [-0.4, -0.2) is 19.9 Å². The van der Waals surface area contributed by atoms with Gasteiger partial charge in [0.25, 0.3) is 0 Å². The van der Waals surface area contributed by atoms with Gasteiger partial charge < -0.3 is 15.5 Å². The van der Waals surface area contributed by atoms with Gasteiger partial charge in [0.15, 0.2) is 0 Å². The summed E-state index contributed by atoms with van der Waals surface area (Å²) in [5.41, 5.74) is 0. The number of rotatable bonds is 4. The van der Waals surface area contributed by atoms with Gasteiger partial charge >= 0.3 is 0 Å². The van der Waals surface area contributed by atoms with Gasteiger partial charge in [-0.2, -0.15) is 0 Å². The SMILES string of the molecule is CCO/C(NC)=C(\I)C=N. The van der Waals surface area contributed by atoms with Crippen LogP contribution < -0.4 is 5.32 Å². The largest absolute Gasteiger partial charge is 0.479 e. The Kier molecular flexibility index (Phi) is 5.38. The maximum absolute atomic E-state index is 6.91. The summed E-state index contributed by atoms with van der Waals surface area (Å²) in [7, 11) is 1.77. The first-order valence-electron chi connectivity index (χ1n) is 2.97.